The summed E-state index contributed by atoms with van der Waals surface area (Å²) >= 11 is 0. The van der Waals surface area contributed by atoms with Crippen LogP contribution in [0.25, 0.3) is 0 Å². The fourth-order valence-electron chi connectivity index (χ4n) is 2.95. The Bertz CT molecular complexity index is 394. The Hall–Kier alpha value is -0.940. The van der Waals surface area contributed by atoms with Crippen LogP contribution in [0.3, 0.4) is 0 Å². The van der Waals surface area contributed by atoms with E-state index >= 15 is 0 Å². The molecule has 0 spiro atoms. The first-order valence-corrected chi connectivity index (χ1v) is 7.92. The fourth-order valence-corrected chi connectivity index (χ4v) is 2.95. The third-order valence-electron chi connectivity index (χ3n) is 4.13. The van der Waals surface area contributed by atoms with E-state index in [-0.39, 0.29) is 6.61 Å². The smallest absolute Gasteiger partial charge is 0.0681 e. The van der Waals surface area contributed by atoms with E-state index in [0.29, 0.717) is 0 Å². The lowest BCUT2D eigenvalue weighted by molar-refractivity contribution is 0.159. The van der Waals surface area contributed by atoms with Crippen molar-refractivity contribution in [2.75, 3.05) is 39.9 Å². The van der Waals surface area contributed by atoms with Gasteiger partial charge in [0.25, 0.3) is 0 Å². The highest BCUT2D eigenvalue weighted by molar-refractivity contribution is 5.21. The number of likely N-dealkylation sites (tertiary alicyclic amines) is 1. The van der Waals surface area contributed by atoms with E-state index in [1.807, 2.05) is 12.1 Å². The monoisotopic (exact) mass is 292 g/mol. The minimum Gasteiger partial charge on any atom is -0.392 e. The van der Waals surface area contributed by atoms with Crippen molar-refractivity contribution in [1.29, 1.82) is 0 Å². The minimum atomic E-state index is 0.124. The molecule has 1 unspecified atom stereocenters. The second kappa shape index (κ2) is 9.15. The summed E-state index contributed by atoms with van der Waals surface area (Å²) in [5.41, 5.74) is 2.32. The number of ether oxygens (including phenoxy) is 1. The molecular formula is C17H28N2O2. The molecule has 0 aliphatic carbocycles. The van der Waals surface area contributed by atoms with Gasteiger partial charge in [0.15, 0.2) is 0 Å². The Morgan fingerprint density at radius 2 is 2.05 bits per heavy atom. The van der Waals surface area contributed by atoms with Crippen LogP contribution >= 0.6 is 0 Å². The maximum absolute atomic E-state index is 9.08. The van der Waals surface area contributed by atoms with Crippen molar-refractivity contribution in [2.24, 2.45) is 5.92 Å². The molecule has 1 saturated heterocycles. The van der Waals surface area contributed by atoms with Gasteiger partial charge in [-0.05, 0) is 43.0 Å². The number of aliphatic hydroxyl groups excluding tert-OH is 1. The molecule has 2 N–H and O–H groups in total. The number of benzene rings is 1. The maximum Gasteiger partial charge on any atom is 0.0681 e. The minimum absolute atomic E-state index is 0.124. The van der Waals surface area contributed by atoms with Gasteiger partial charge in [0, 0.05) is 26.7 Å². The molecule has 1 atom stereocenters. The van der Waals surface area contributed by atoms with E-state index in [1.54, 1.807) is 7.11 Å². The third kappa shape index (κ3) is 5.75. The van der Waals surface area contributed by atoms with Gasteiger partial charge in [0.2, 0.25) is 0 Å². The number of piperidine rings is 1. The van der Waals surface area contributed by atoms with Gasteiger partial charge in [-0.1, -0.05) is 24.3 Å². The topological polar surface area (TPSA) is 44.7 Å². The fraction of sp³-hybridized carbons (Fsp3) is 0.647. The first-order chi connectivity index (χ1) is 10.3. The highest BCUT2D eigenvalue weighted by Crippen LogP contribution is 2.18. The van der Waals surface area contributed by atoms with E-state index in [1.165, 1.54) is 31.5 Å². The van der Waals surface area contributed by atoms with E-state index in [9.17, 15) is 0 Å². The molecule has 21 heavy (non-hydrogen) atoms. The van der Waals surface area contributed by atoms with Crippen molar-refractivity contribution in [3.63, 3.8) is 0 Å². The van der Waals surface area contributed by atoms with Crippen LogP contribution in [0, 0.1) is 5.92 Å². The molecular weight excluding hydrogens is 264 g/mol. The Labute approximate surface area is 128 Å². The molecule has 1 fully saturated rings. The van der Waals surface area contributed by atoms with Crippen molar-refractivity contribution in [3.05, 3.63) is 35.4 Å². The zero-order valence-corrected chi connectivity index (χ0v) is 13.1. The van der Waals surface area contributed by atoms with Gasteiger partial charge in [-0.3, -0.25) is 4.90 Å². The first kappa shape index (κ1) is 16.4. The van der Waals surface area contributed by atoms with Crippen LogP contribution in [0.4, 0.5) is 0 Å². The molecule has 0 saturated carbocycles. The first-order valence-electron chi connectivity index (χ1n) is 7.92. The zero-order chi connectivity index (χ0) is 14.9. The summed E-state index contributed by atoms with van der Waals surface area (Å²) in [6.07, 6.45) is 2.60. The molecule has 0 bridgehead atoms. The number of rotatable bonds is 8. The van der Waals surface area contributed by atoms with Crippen molar-refractivity contribution in [3.8, 4) is 0 Å². The summed E-state index contributed by atoms with van der Waals surface area (Å²) in [6, 6.07) is 8.30. The molecule has 1 aliphatic rings. The molecule has 1 aromatic carbocycles. The third-order valence-corrected chi connectivity index (χ3v) is 4.13. The predicted octanol–water partition coefficient (Wildman–Crippen LogP) is 1.63. The number of methoxy groups -OCH3 is 1. The standard InChI is InChI=1S/C17H28N2O2/c1-21-10-8-18-11-17-3-2-9-19(13-17)12-15-4-6-16(14-20)7-5-15/h4-7,17-18,20H,2-3,8-14H2,1H3. The van der Waals surface area contributed by atoms with E-state index in [0.717, 1.165) is 37.7 Å². The lowest BCUT2D eigenvalue weighted by Crippen LogP contribution is -2.39. The summed E-state index contributed by atoms with van der Waals surface area (Å²) in [4.78, 5) is 2.54. The molecule has 0 amide bonds. The van der Waals surface area contributed by atoms with E-state index < -0.39 is 0 Å². The van der Waals surface area contributed by atoms with Crippen molar-refractivity contribution in [1.82, 2.24) is 10.2 Å². The van der Waals surface area contributed by atoms with Crippen LogP contribution in [0.5, 0.6) is 0 Å². The van der Waals surface area contributed by atoms with Crippen molar-refractivity contribution >= 4 is 0 Å². The summed E-state index contributed by atoms with van der Waals surface area (Å²) < 4.78 is 5.06. The van der Waals surface area contributed by atoms with Gasteiger partial charge in [0.05, 0.1) is 13.2 Å². The molecule has 1 aromatic rings. The second-order valence-corrected chi connectivity index (χ2v) is 5.91. The van der Waals surface area contributed by atoms with Crippen molar-refractivity contribution in [2.45, 2.75) is 26.0 Å². The van der Waals surface area contributed by atoms with Crippen LogP contribution in [0.2, 0.25) is 0 Å². The maximum atomic E-state index is 9.08. The normalized spacial score (nSPS) is 19.8. The second-order valence-electron chi connectivity index (χ2n) is 5.91. The average Bonchev–Trinajstić information content (AvgIpc) is 2.53. The van der Waals surface area contributed by atoms with E-state index in [4.69, 9.17) is 9.84 Å². The van der Waals surface area contributed by atoms with Crippen LogP contribution in [-0.2, 0) is 17.9 Å². The van der Waals surface area contributed by atoms with Gasteiger partial charge >= 0.3 is 0 Å². The zero-order valence-electron chi connectivity index (χ0n) is 13.1. The highest BCUT2D eigenvalue weighted by Gasteiger charge is 2.19. The van der Waals surface area contributed by atoms with Crippen LogP contribution < -0.4 is 5.32 Å². The molecule has 4 heteroatoms. The van der Waals surface area contributed by atoms with Gasteiger partial charge in [-0.2, -0.15) is 0 Å². The summed E-state index contributed by atoms with van der Waals surface area (Å²) in [6.45, 7) is 6.31. The summed E-state index contributed by atoms with van der Waals surface area (Å²) in [5, 5.41) is 12.6. The molecule has 2 rings (SSSR count). The lowest BCUT2D eigenvalue weighted by Gasteiger charge is -2.33. The number of nitrogens with one attached hydrogen (secondary N) is 1. The quantitative estimate of drug-likeness (QED) is 0.715. The lowest BCUT2D eigenvalue weighted by atomic mass is 9.97. The number of hydrogen-bond donors (Lipinski definition) is 2. The summed E-state index contributed by atoms with van der Waals surface area (Å²) in [5.74, 6) is 0.743. The molecule has 0 radical (unpaired) electrons. The number of aliphatic hydroxyl groups is 1. The molecule has 1 heterocycles. The molecule has 4 nitrogen and oxygen atoms in total. The van der Waals surface area contributed by atoms with Gasteiger partial charge in [0.1, 0.15) is 0 Å². The molecule has 118 valence electrons. The molecule has 1 aliphatic heterocycles. The number of hydrogen-bond acceptors (Lipinski definition) is 4. The Morgan fingerprint density at radius 3 is 2.76 bits per heavy atom. The summed E-state index contributed by atoms with van der Waals surface area (Å²) in [7, 11) is 1.74. The predicted molar refractivity (Wildman–Crippen MR) is 85.1 cm³/mol. The van der Waals surface area contributed by atoms with Crippen LogP contribution in [0.1, 0.15) is 24.0 Å². The SMILES string of the molecule is COCCNCC1CCCN(Cc2ccc(CO)cc2)C1. The van der Waals surface area contributed by atoms with Gasteiger partial charge in [-0.25, -0.2) is 0 Å². The Kier molecular flexibility index (Phi) is 7.16. The average molecular weight is 292 g/mol. The Balaban J connectivity index is 1.75. The van der Waals surface area contributed by atoms with E-state index in [2.05, 4.69) is 22.3 Å². The van der Waals surface area contributed by atoms with Crippen molar-refractivity contribution < 1.29 is 9.84 Å². The van der Waals surface area contributed by atoms with Gasteiger partial charge < -0.3 is 15.2 Å². The highest BCUT2D eigenvalue weighted by atomic mass is 16.5. The number of nitrogens with zero attached hydrogens (tertiary/aromatic N) is 1. The molecule has 0 aromatic heterocycles. The largest absolute Gasteiger partial charge is 0.392 e. The van der Waals surface area contributed by atoms with Crippen LogP contribution in [-0.4, -0.2) is 49.9 Å². The Morgan fingerprint density at radius 1 is 1.29 bits per heavy atom. The van der Waals surface area contributed by atoms with Gasteiger partial charge in [-0.15, -0.1) is 0 Å². The van der Waals surface area contributed by atoms with Crippen LogP contribution in [0.15, 0.2) is 24.3 Å².